The molecular formula is C22H27Cl2N3O2. The SMILES string of the molecule is Cc1ccc(Cl)cc1-c1cc(Cl)cnc1NC1CCN(C(=O)OC(C)(C)C)CC1. The van der Waals surface area contributed by atoms with Crippen molar-refractivity contribution in [2.75, 3.05) is 18.4 Å². The zero-order chi connectivity index (χ0) is 21.2. The normalized spacial score (nSPS) is 15.3. The standard InChI is InChI=1S/C22H27Cl2N3O2/c1-14-5-6-15(23)11-18(14)19-12-16(24)13-25-20(19)26-17-7-9-27(10-8-17)21(28)29-22(2,3)4/h5-6,11-13,17H,7-10H2,1-4H3,(H,25,26). The molecule has 156 valence electrons. The molecule has 1 fully saturated rings. The molecule has 1 aromatic heterocycles. The molecule has 0 spiro atoms. The van der Waals surface area contributed by atoms with E-state index >= 15 is 0 Å². The first-order valence-corrected chi connectivity index (χ1v) is 10.5. The molecule has 1 amide bonds. The van der Waals surface area contributed by atoms with Crippen LogP contribution in [0.1, 0.15) is 39.2 Å². The molecule has 1 aliphatic heterocycles. The van der Waals surface area contributed by atoms with E-state index in [-0.39, 0.29) is 12.1 Å². The molecular weight excluding hydrogens is 409 g/mol. The number of ether oxygens (including phenoxy) is 1. The second-order valence-electron chi connectivity index (χ2n) is 8.39. The van der Waals surface area contributed by atoms with Crippen LogP contribution in [-0.4, -0.2) is 40.7 Å². The van der Waals surface area contributed by atoms with Crippen LogP contribution in [0.3, 0.4) is 0 Å². The molecule has 0 atom stereocenters. The lowest BCUT2D eigenvalue weighted by Gasteiger charge is -2.34. The molecule has 0 bridgehead atoms. The fourth-order valence-electron chi connectivity index (χ4n) is 3.37. The van der Waals surface area contributed by atoms with Gasteiger partial charge in [-0.3, -0.25) is 0 Å². The summed E-state index contributed by atoms with van der Waals surface area (Å²) in [6.07, 6.45) is 3.02. The molecule has 0 unspecified atom stereocenters. The second-order valence-corrected chi connectivity index (χ2v) is 9.27. The van der Waals surface area contributed by atoms with Gasteiger partial charge in [-0.25, -0.2) is 9.78 Å². The van der Waals surface area contributed by atoms with Crippen molar-refractivity contribution in [1.82, 2.24) is 9.88 Å². The van der Waals surface area contributed by atoms with Gasteiger partial charge in [-0.05, 0) is 69.9 Å². The summed E-state index contributed by atoms with van der Waals surface area (Å²) in [5.74, 6) is 0.774. The summed E-state index contributed by atoms with van der Waals surface area (Å²) in [6.45, 7) is 8.97. The van der Waals surface area contributed by atoms with E-state index < -0.39 is 5.60 Å². The van der Waals surface area contributed by atoms with Crippen LogP contribution in [0, 0.1) is 6.92 Å². The van der Waals surface area contributed by atoms with Crippen LogP contribution in [0.25, 0.3) is 11.1 Å². The number of likely N-dealkylation sites (tertiary alicyclic amines) is 1. The first kappa shape index (κ1) is 21.7. The number of halogens is 2. The highest BCUT2D eigenvalue weighted by atomic mass is 35.5. The van der Waals surface area contributed by atoms with E-state index in [0.29, 0.717) is 23.1 Å². The minimum Gasteiger partial charge on any atom is -0.444 e. The highest BCUT2D eigenvalue weighted by molar-refractivity contribution is 6.31. The minimum atomic E-state index is -0.483. The highest BCUT2D eigenvalue weighted by Gasteiger charge is 2.27. The molecule has 1 N–H and O–H groups in total. The number of piperidine rings is 1. The van der Waals surface area contributed by atoms with Gasteiger partial charge < -0.3 is 15.0 Å². The van der Waals surface area contributed by atoms with E-state index in [1.807, 2.05) is 52.0 Å². The quantitative estimate of drug-likeness (QED) is 0.625. The molecule has 2 aromatic rings. The average Bonchev–Trinajstić information content (AvgIpc) is 2.64. The van der Waals surface area contributed by atoms with Gasteiger partial charge in [0.05, 0.1) is 5.02 Å². The van der Waals surface area contributed by atoms with Crippen LogP contribution >= 0.6 is 23.2 Å². The summed E-state index contributed by atoms with van der Waals surface area (Å²) in [5.41, 5.74) is 2.54. The van der Waals surface area contributed by atoms with Crippen LogP contribution in [-0.2, 0) is 4.74 Å². The van der Waals surface area contributed by atoms with Gasteiger partial charge in [-0.15, -0.1) is 0 Å². The third-order valence-electron chi connectivity index (χ3n) is 4.83. The summed E-state index contributed by atoms with van der Waals surface area (Å²) >= 11 is 12.4. The topological polar surface area (TPSA) is 54.5 Å². The number of aromatic nitrogens is 1. The van der Waals surface area contributed by atoms with E-state index in [0.717, 1.165) is 35.3 Å². The van der Waals surface area contributed by atoms with Crippen LogP contribution in [0.5, 0.6) is 0 Å². The smallest absolute Gasteiger partial charge is 0.410 e. The molecule has 3 rings (SSSR count). The molecule has 1 aromatic carbocycles. The fraction of sp³-hybridized carbons (Fsp3) is 0.455. The van der Waals surface area contributed by atoms with E-state index in [2.05, 4.69) is 10.3 Å². The number of carbonyl (C=O) groups is 1. The maximum atomic E-state index is 12.3. The summed E-state index contributed by atoms with van der Waals surface area (Å²) in [7, 11) is 0. The van der Waals surface area contributed by atoms with E-state index in [1.54, 1.807) is 11.1 Å². The Labute approximate surface area is 182 Å². The second kappa shape index (κ2) is 8.80. The van der Waals surface area contributed by atoms with Gasteiger partial charge in [0, 0.05) is 35.9 Å². The molecule has 7 heteroatoms. The number of pyridine rings is 1. The van der Waals surface area contributed by atoms with Crippen LogP contribution in [0.15, 0.2) is 30.5 Å². The maximum Gasteiger partial charge on any atom is 0.410 e. The predicted molar refractivity (Wildman–Crippen MR) is 119 cm³/mol. The number of nitrogens with one attached hydrogen (secondary N) is 1. The summed E-state index contributed by atoms with van der Waals surface area (Å²) in [6, 6.07) is 7.91. The first-order valence-electron chi connectivity index (χ1n) is 9.79. The molecule has 2 heterocycles. The summed E-state index contributed by atoms with van der Waals surface area (Å²) < 4.78 is 5.47. The third-order valence-corrected chi connectivity index (χ3v) is 5.27. The molecule has 29 heavy (non-hydrogen) atoms. The summed E-state index contributed by atoms with van der Waals surface area (Å²) in [5, 5.41) is 4.78. The Morgan fingerprint density at radius 2 is 1.79 bits per heavy atom. The number of hydrogen-bond donors (Lipinski definition) is 1. The molecule has 5 nitrogen and oxygen atoms in total. The predicted octanol–water partition coefficient (Wildman–Crippen LogP) is 6.18. The Morgan fingerprint density at radius 1 is 1.14 bits per heavy atom. The number of rotatable bonds is 3. The Hall–Kier alpha value is -1.98. The van der Waals surface area contributed by atoms with Gasteiger partial charge in [0.15, 0.2) is 0 Å². The van der Waals surface area contributed by atoms with Crippen molar-refractivity contribution in [3.05, 3.63) is 46.1 Å². The Bertz CT molecular complexity index is 888. The third kappa shape index (κ3) is 5.77. The lowest BCUT2D eigenvalue weighted by atomic mass is 10.00. The van der Waals surface area contributed by atoms with Crippen molar-refractivity contribution in [3.63, 3.8) is 0 Å². The zero-order valence-corrected chi connectivity index (χ0v) is 18.8. The van der Waals surface area contributed by atoms with E-state index in [1.165, 1.54) is 0 Å². The van der Waals surface area contributed by atoms with Gasteiger partial charge in [0.2, 0.25) is 0 Å². The number of anilines is 1. The number of nitrogens with zero attached hydrogens (tertiary/aromatic N) is 2. The summed E-state index contributed by atoms with van der Waals surface area (Å²) in [4.78, 5) is 18.6. The fourth-order valence-corrected chi connectivity index (χ4v) is 3.70. The number of carbonyl (C=O) groups excluding carboxylic acids is 1. The monoisotopic (exact) mass is 435 g/mol. The van der Waals surface area contributed by atoms with Crippen LogP contribution < -0.4 is 5.32 Å². The van der Waals surface area contributed by atoms with Crippen LogP contribution in [0.2, 0.25) is 10.0 Å². The Kier molecular flexibility index (Phi) is 6.59. The van der Waals surface area contributed by atoms with Gasteiger partial charge in [-0.2, -0.15) is 0 Å². The molecule has 0 radical (unpaired) electrons. The molecule has 1 aliphatic rings. The van der Waals surface area contributed by atoms with Gasteiger partial charge in [0.1, 0.15) is 11.4 Å². The van der Waals surface area contributed by atoms with Crippen molar-refractivity contribution in [2.24, 2.45) is 0 Å². The van der Waals surface area contributed by atoms with Gasteiger partial charge in [-0.1, -0.05) is 29.3 Å². The van der Waals surface area contributed by atoms with Crippen molar-refractivity contribution >= 4 is 35.1 Å². The number of benzene rings is 1. The Balaban J connectivity index is 1.72. The van der Waals surface area contributed by atoms with Crippen molar-refractivity contribution in [3.8, 4) is 11.1 Å². The van der Waals surface area contributed by atoms with Gasteiger partial charge >= 0.3 is 6.09 Å². The number of amides is 1. The minimum absolute atomic E-state index is 0.209. The Morgan fingerprint density at radius 3 is 2.45 bits per heavy atom. The maximum absolute atomic E-state index is 12.3. The van der Waals surface area contributed by atoms with Crippen molar-refractivity contribution < 1.29 is 9.53 Å². The van der Waals surface area contributed by atoms with Crippen LogP contribution in [0.4, 0.5) is 10.6 Å². The zero-order valence-electron chi connectivity index (χ0n) is 17.3. The molecule has 0 aliphatic carbocycles. The van der Waals surface area contributed by atoms with Crippen molar-refractivity contribution in [2.45, 2.75) is 52.2 Å². The van der Waals surface area contributed by atoms with Crippen molar-refractivity contribution in [1.29, 1.82) is 0 Å². The van der Waals surface area contributed by atoms with E-state index in [9.17, 15) is 4.79 Å². The van der Waals surface area contributed by atoms with E-state index in [4.69, 9.17) is 27.9 Å². The number of aryl methyl sites for hydroxylation is 1. The average molecular weight is 436 g/mol. The first-order chi connectivity index (χ1) is 13.6. The lowest BCUT2D eigenvalue weighted by Crippen LogP contribution is -2.44. The van der Waals surface area contributed by atoms with Gasteiger partial charge in [0.25, 0.3) is 0 Å². The molecule has 1 saturated heterocycles. The highest BCUT2D eigenvalue weighted by Crippen LogP contribution is 2.34. The lowest BCUT2D eigenvalue weighted by molar-refractivity contribution is 0.0210. The number of hydrogen-bond acceptors (Lipinski definition) is 4. The largest absolute Gasteiger partial charge is 0.444 e. The molecule has 0 saturated carbocycles.